The molecular formula is C15H13NS. The Balaban J connectivity index is 2.07. The Kier molecular flexibility index (Phi) is 2.67. The normalized spacial score (nSPS) is 10.9. The highest BCUT2D eigenvalue weighted by Crippen LogP contribution is 2.33. The fourth-order valence-corrected chi connectivity index (χ4v) is 3.00. The van der Waals surface area contributed by atoms with Crippen LogP contribution in [0.15, 0.2) is 54.6 Å². The van der Waals surface area contributed by atoms with E-state index >= 15 is 0 Å². The molecule has 0 fully saturated rings. The number of nitrogens with two attached hydrogens (primary N) is 1. The molecule has 0 atom stereocenters. The molecule has 0 bridgehead atoms. The molecule has 0 saturated heterocycles. The molecule has 17 heavy (non-hydrogen) atoms. The molecule has 0 saturated carbocycles. The number of fused-ring (bicyclic) bond motifs is 1. The predicted molar refractivity (Wildman–Crippen MR) is 75.2 cm³/mol. The van der Waals surface area contributed by atoms with Crippen molar-refractivity contribution in [3.63, 3.8) is 0 Å². The summed E-state index contributed by atoms with van der Waals surface area (Å²) < 4.78 is 1.34. The number of hydrogen-bond donors (Lipinski definition) is 1. The summed E-state index contributed by atoms with van der Waals surface area (Å²) in [6.45, 7) is 0.604. The van der Waals surface area contributed by atoms with Crippen molar-refractivity contribution < 1.29 is 0 Å². The fraction of sp³-hybridized carbons (Fsp3) is 0.0667. The van der Waals surface area contributed by atoms with Crippen molar-refractivity contribution in [2.75, 3.05) is 0 Å². The van der Waals surface area contributed by atoms with Crippen molar-refractivity contribution in [1.29, 1.82) is 0 Å². The van der Waals surface area contributed by atoms with E-state index in [4.69, 9.17) is 5.73 Å². The van der Waals surface area contributed by atoms with E-state index in [1.807, 2.05) is 11.3 Å². The Morgan fingerprint density at radius 2 is 1.71 bits per heavy atom. The van der Waals surface area contributed by atoms with E-state index in [1.165, 1.54) is 26.1 Å². The minimum atomic E-state index is 0.604. The molecule has 0 aliphatic heterocycles. The van der Waals surface area contributed by atoms with Gasteiger partial charge in [0, 0.05) is 16.1 Å². The summed E-state index contributed by atoms with van der Waals surface area (Å²) in [5.74, 6) is 0. The highest BCUT2D eigenvalue weighted by atomic mass is 32.1. The lowest BCUT2D eigenvalue weighted by atomic mass is 10.1. The lowest BCUT2D eigenvalue weighted by molar-refractivity contribution is 1.07. The third-order valence-electron chi connectivity index (χ3n) is 2.90. The second kappa shape index (κ2) is 4.32. The summed E-state index contributed by atoms with van der Waals surface area (Å²) >= 11 is 1.83. The van der Waals surface area contributed by atoms with Gasteiger partial charge in [0.2, 0.25) is 0 Å². The quantitative estimate of drug-likeness (QED) is 0.718. The molecular weight excluding hydrogens is 226 g/mol. The van der Waals surface area contributed by atoms with Crippen LogP contribution in [-0.4, -0.2) is 0 Å². The van der Waals surface area contributed by atoms with Crippen LogP contribution >= 0.6 is 11.3 Å². The third kappa shape index (κ3) is 1.97. The largest absolute Gasteiger partial charge is 0.326 e. The van der Waals surface area contributed by atoms with Gasteiger partial charge in [-0.25, -0.2) is 0 Å². The SMILES string of the molecule is NCc1ccc(-c2cc3ccccc3s2)cc1. The van der Waals surface area contributed by atoms with E-state index in [-0.39, 0.29) is 0 Å². The van der Waals surface area contributed by atoms with E-state index in [1.54, 1.807) is 0 Å². The van der Waals surface area contributed by atoms with Crippen molar-refractivity contribution in [3.8, 4) is 10.4 Å². The zero-order chi connectivity index (χ0) is 11.7. The first-order valence-electron chi connectivity index (χ1n) is 5.65. The molecule has 0 spiro atoms. The van der Waals surface area contributed by atoms with Gasteiger partial charge < -0.3 is 5.73 Å². The maximum absolute atomic E-state index is 5.60. The number of benzene rings is 2. The summed E-state index contributed by atoms with van der Waals surface area (Å²) in [7, 11) is 0. The van der Waals surface area contributed by atoms with Crippen molar-refractivity contribution in [2.45, 2.75) is 6.54 Å². The molecule has 0 aliphatic rings. The minimum absolute atomic E-state index is 0.604. The second-order valence-corrected chi connectivity index (χ2v) is 5.13. The van der Waals surface area contributed by atoms with Crippen LogP contribution < -0.4 is 5.73 Å². The average molecular weight is 239 g/mol. The van der Waals surface area contributed by atoms with Gasteiger partial charge in [0.25, 0.3) is 0 Å². The molecule has 0 unspecified atom stereocenters. The predicted octanol–water partition coefficient (Wildman–Crippen LogP) is 4.03. The van der Waals surface area contributed by atoms with Gasteiger partial charge in [0.05, 0.1) is 0 Å². The molecule has 2 aromatic carbocycles. The Labute approximate surface area is 105 Å². The van der Waals surface area contributed by atoms with E-state index in [2.05, 4.69) is 54.6 Å². The highest BCUT2D eigenvalue weighted by Gasteiger charge is 2.03. The lowest BCUT2D eigenvalue weighted by Crippen LogP contribution is -1.94. The topological polar surface area (TPSA) is 26.0 Å². The molecule has 2 N–H and O–H groups in total. The molecule has 0 amide bonds. The first-order chi connectivity index (χ1) is 8.36. The van der Waals surface area contributed by atoms with Crippen LogP contribution in [0.5, 0.6) is 0 Å². The van der Waals surface area contributed by atoms with Crippen LogP contribution in [0.4, 0.5) is 0 Å². The molecule has 1 aromatic heterocycles. The van der Waals surface area contributed by atoms with Gasteiger partial charge in [-0.1, -0.05) is 42.5 Å². The van der Waals surface area contributed by atoms with Crippen molar-refractivity contribution >= 4 is 21.4 Å². The summed E-state index contributed by atoms with van der Waals surface area (Å²) in [6.07, 6.45) is 0. The molecule has 3 aromatic rings. The van der Waals surface area contributed by atoms with Crippen LogP contribution in [0.1, 0.15) is 5.56 Å². The van der Waals surface area contributed by atoms with Gasteiger partial charge >= 0.3 is 0 Å². The molecule has 84 valence electrons. The third-order valence-corrected chi connectivity index (χ3v) is 4.06. The van der Waals surface area contributed by atoms with Gasteiger partial charge in [0.1, 0.15) is 0 Å². The number of thiophene rings is 1. The van der Waals surface area contributed by atoms with Gasteiger partial charge in [-0.3, -0.25) is 0 Å². The average Bonchev–Trinajstić information content (AvgIpc) is 2.82. The second-order valence-electron chi connectivity index (χ2n) is 4.05. The fourth-order valence-electron chi connectivity index (χ4n) is 1.93. The monoisotopic (exact) mass is 239 g/mol. The standard InChI is InChI=1S/C15H13NS/c16-10-11-5-7-12(8-6-11)15-9-13-3-1-2-4-14(13)17-15/h1-9H,10,16H2. The first-order valence-corrected chi connectivity index (χ1v) is 6.46. The van der Waals surface area contributed by atoms with E-state index in [0.717, 1.165) is 0 Å². The van der Waals surface area contributed by atoms with Gasteiger partial charge in [0.15, 0.2) is 0 Å². The molecule has 1 nitrogen and oxygen atoms in total. The first kappa shape index (κ1) is 10.5. The highest BCUT2D eigenvalue weighted by molar-refractivity contribution is 7.22. The smallest absolute Gasteiger partial charge is 0.0355 e. The van der Waals surface area contributed by atoms with Crippen LogP contribution in [0, 0.1) is 0 Å². The van der Waals surface area contributed by atoms with Crippen LogP contribution in [0.3, 0.4) is 0 Å². The van der Waals surface area contributed by atoms with Crippen LogP contribution in [-0.2, 0) is 6.54 Å². The Morgan fingerprint density at radius 1 is 0.941 bits per heavy atom. The molecule has 0 radical (unpaired) electrons. The number of hydrogen-bond acceptors (Lipinski definition) is 2. The Bertz CT molecular complexity index is 604. The summed E-state index contributed by atoms with van der Waals surface area (Å²) in [6, 6.07) is 19.2. The minimum Gasteiger partial charge on any atom is -0.326 e. The maximum Gasteiger partial charge on any atom is 0.0355 e. The summed E-state index contributed by atoms with van der Waals surface area (Å²) in [4.78, 5) is 1.31. The van der Waals surface area contributed by atoms with Crippen molar-refractivity contribution in [1.82, 2.24) is 0 Å². The molecule has 3 rings (SSSR count). The molecule has 2 heteroatoms. The number of rotatable bonds is 2. The van der Waals surface area contributed by atoms with Gasteiger partial charge in [-0.2, -0.15) is 0 Å². The van der Waals surface area contributed by atoms with Crippen molar-refractivity contribution in [2.24, 2.45) is 5.73 Å². The van der Waals surface area contributed by atoms with Crippen molar-refractivity contribution in [3.05, 3.63) is 60.2 Å². The Hall–Kier alpha value is -1.64. The lowest BCUT2D eigenvalue weighted by Gasteiger charge is -1.99. The van der Waals surface area contributed by atoms with Gasteiger partial charge in [-0.15, -0.1) is 11.3 Å². The molecule has 1 heterocycles. The van der Waals surface area contributed by atoms with E-state index in [0.29, 0.717) is 6.54 Å². The maximum atomic E-state index is 5.60. The summed E-state index contributed by atoms with van der Waals surface area (Å²) in [5.41, 5.74) is 8.05. The van der Waals surface area contributed by atoms with E-state index in [9.17, 15) is 0 Å². The van der Waals surface area contributed by atoms with Crippen LogP contribution in [0.2, 0.25) is 0 Å². The van der Waals surface area contributed by atoms with Crippen LogP contribution in [0.25, 0.3) is 20.5 Å². The van der Waals surface area contributed by atoms with E-state index < -0.39 is 0 Å². The molecule has 0 aliphatic carbocycles. The summed E-state index contributed by atoms with van der Waals surface area (Å²) in [5, 5.41) is 1.32. The Morgan fingerprint density at radius 3 is 2.41 bits per heavy atom. The van der Waals surface area contributed by atoms with Gasteiger partial charge in [-0.05, 0) is 28.6 Å². The zero-order valence-electron chi connectivity index (χ0n) is 9.39. The zero-order valence-corrected chi connectivity index (χ0v) is 10.2.